The van der Waals surface area contributed by atoms with Crippen LogP contribution in [0.3, 0.4) is 0 Å². The van der Waals surface area contributed by atoms with Gasteiger partial charge >= 0.3 is 0 Å². The van der Waals surface area contributed by atoms with Gasteiger partial charge in [-0.05, 0) is 36.9 Å². The highest BCUT2D eigenvalue weighted by molar-refractivity contribution is 6.35. The van der Waals surface area contributed by atoms with Crippen LogP contribution < -0.4 is 9.80 Å². The molecule has 2 aliphatic rings. The van der Waals surface area contributed by atoms with E-state index in [-0.39, 0.29) is 18.4 Å². The molecule has 2 aromatic rings. The summed E-state index contributed by atoms with van der Waals surface area (Å²) in [5, 5.41) is 9.54. The highest BCUT2D eigenvalue weighted by Gasteiger charge is 2.38. The van der Waals surface area contributed by atoms with Gasteiger partial charge in [0.05, 0.1) is 29.1 Å². The number of aliphatic hydroxyl groups is 1. The number of fused-ring (bicyclic) bond motifs is 1. The van der Waals surface area contributed by atoms with Gasteiger partial charge in [0.2, 0.25) is 0 Å². The van der Waals surface area contributed by atoms with Crippen LogP contribution in [-0.4, -0.2) is 55.0 Å². The molecule has 1 fully saturated rings. The number of aliphatic hydroxyl groups excluding tert-OH is 1. The monoisotopic (exact) mass is 351 g/mol. The van der Waals surface area contributed by atoms with Crippen LogP contribution in [0, 0.1) is 0 Å². The Hall–Kier alpha value is -2.70. The van der Waals surface area contributed by atoms with Crippen molar-refractivity contribution >= 4 is 23.2 Å². The number of hydrogen-bond acceptors (Lipinski definition) is 5. The van der Waals surface area contributed by atoms with Gasteiger partial charge in [-0.25, -0.2) is 4.90 Å². The minimum Gasteiger partial charge on any atom is -0.392 e. The van der Waals surface area contributed by atoms with E-state index in [1.54, 1.807) is 30.3 Å². The fraction of sp³-hybridized carbons (Fsp3) is 0.300. The third-order valence-electron chi connectivity index (χ3n) is 5.10. The van der Waals surface area contributed by atoms with Crippen LogP contribution in [0.4, 0.5) is 11.4 Å². The number of benzene rings is 2. The summed E-state index contributed by atoms with van der Waals surface area (Å²) in [6.07, 6.45) is 0. The second-order valence-electron chi connectivity index (χ2n) is 6.76. The molecule has 0 atom stereocenters. The van der Waals surface area contributed by atoms with Crippen molar-refractivity contribution in [2.45, 2.75) is 6.61 Å². The van der Waals surface area contributed by atoms with Gasteiger partial charge in [0.25, 0.3) is 11.8 Å². The largest absolute Gasteiger partial charge is 0.392 e. The number of carbonyl (C=O) groups is 2. The Balaban J connectivity index is 1.78. The van der Waals surface area contributed by atoms with E-state index in [2.05, 4.69) is 16.8 Å². The van der Waals surface area contributed by atoms with Crippen molar-refractivity contribution < 1.29 is 14.7 Å². The molecular formula is C20H21N3O3. The summed E-state index contributed by atoms with van der Waals surface area (Å²) in [6.45, 7) is 3.35. The fourth-order valence-corrected chi connectivity index (χ4v) is 3.57. The average Bonchev–Trinajstić information content (AvgIpc) is 2.93. The van der Waals surface area contributed by atoms with Crippen LogP contribution in [0.25, 0.3) is 0 Å². The first kappa shape index (κ1) is 16.8. The quantitative estimate of drug-likeness (QED) is 0.854. The van der Waals surface area contributed by atoms with Crippen LogP contribution in [0.15, 0.2) is 42.5 Å². The molecule has 4 rings (SSSR count). The first-order valence-corrected chi connectivity index (χ1v) is 8.75. The molecule has 1 saturated heterocycles. The van der Waals surface area contributed by atoms with Crippen LogP contribution in [0.1, 0.15) is 26.3 Å². The lowest BCUT2D eigenvalue weighted by atomic mass is 10.1. The molecule has 0 aromatic heterocycles. The summed E-state index contributed by atoms with van der Waals surface area (Å²) in [5.41, 5.74) is 2.93. The predicted octanol–water partition coefficient (Wildman–Crippen LogP) is 1.73. The van der Waals surface area contributed by atoms with E-state index in [4.69, 9.17) is 0 Å². The third-order valence-corrected chi connectivity index (χ3v) is 5.10. The van der Waals surface area contributed by atoms with E-state index < -0.39 is 0 Å². The topological polar surface area (TPSA) is 64.1 Å². The Morgan fingerprint density at radius 3 is 2.08 bits per heavy atom. The Labute approximate surface area is 152 Å². The molecule has 0 bridgehead atoms. The molecule has 26 heavy (non-hydrogen) atoms. The van der Waals surface area contributed by atoms with Crippen molar-refractivity contribution in [1.29, 1.82) is 0 Å². The van der Waals surface area contributed by atoms with Gasteiger partial charge in [-0.2, -0.15) is 0 Å². The van der Waals surface area contributed by atoms with Crippen LogP contribution in [0.5, 0.6) is 0 Å². The number of likely N-dealkylation sites (N-methyl/N-ethyl adjacent to an activating group) is 1. The van der Waals surface area contributed by atoms with E-state index in [0.717, 1.165) is 31.9 Å². The molecule has 2 aromatic carbocycles. The molecule has 2 heterocycles. The number of carbonyl (C=O) groups excluding carboxylic acids is 2. The van der Waals surface area contributed by atoms with Gasteiger partial charge in [0.15, 0.2) is 0 Å². The number of piperazine rings is 1. The Kier molecular flexibility index (Phi) is 4.22. The summed E-state index contributed by atoms with van der Waals surface area (Å²) in [4.78, 5) is 31.5. The maximum Gasteiger partial charge on any atom is 0.266 e. The molecule has 0 spiro atoms. The maximum atomic E-state index is 12.9. The van der Waals surface area contributed by atoms with Crippen LogP contribution in [-0.2, 0) is 6.61 Å². The minimum atomic E-state index is -0.309. The first-order valence-electron chi connectivity index (χ1n) is 8.75. The van der Waals surface area contributed by atoms with E-state index in [1.165, 1.54) is 4.90 Å². The first-order chi connectivity index (χ1) is 12.6. The summed E-state index contributed by atoms with van der Waals surface area (Å²) < 4.78 is 0. The Morgan fingerprint density at radius 2 is 1.50 bits per heavy atom. The molecule has 6 heteroatoms. The maximum absolute atomic E-state index is 12.9. The lowest BCUT2D eigenvalue weighted by Crippen LogP contribution is -2.45. The number of rotatable bonds is 3. The van der Waals surface area contributed by atoms with Crippen molar-refractivity contribution in [3.63, 3.8) is 0 Å². The molecule has 0 radical (unpaired) electrons. The molecule has 0 aliphatic carbocycles. The van der Waals surface area contributed by atoms with Crippen molar-refractivity contribution in [2.75, 3.05) is 43.0 Å². The van der Waals surface area contributed by atoms with E-state index >= 15 is 0 Å². The molecular weight excluding hydrogens is 330 g/mol. The van der Waals surface area contributed by atoms with Gasteiger partial charge in [-0.15, -0.1) is 0 Å². The smallest absolute Gasteiger partial charge is 0.266 e. The highest BCUT2D eigenvalue weighted by atomic mass is 16.3. The molecule has 2 amide bonds. The third kappa shape index (κ3) is 2.67. The van der Waals surface area contributed by atoms with Crippen LogP contribution >= 0.6 is 0 Å². The second-order valence-corrected chi connectivity index (χ2v) is 6.76. The van der Waals surface area contributed by atoms with Crippen LogP contribution in [0.2, 0.25) is 0 Å². The fourth-order valence-electron chi connectivity index (χ4n) is 3.57. The Morgan fingerprint density at radius 1 is 0.885 bits per heavy atom. The molecule has 6 nitrogen and oxygen atoms in total. The zero-order chi connectivity index (χ0) is 18.3. The highest BCUT2D eigenvalue weighted by Crippen LogP contribution is 2.36. The minimum absolute atomic E-state index is 0.140. The molecule has 1 N–H and O–H groups in total. The van der Waals surface area contributed by atoms with E-state index in [1.807, 2.05) is 12.1 Å². The van der Waals surface area contributed by atoms with Gasteiger partial charge in [-0.1, -0.05) is 18.2 Å². The summed E-state index contributed by atoms with van der Waals surface area (Å²) in [5.74, 6) is -0.618. The lowest BCUT2D eigenvalue weighted by Gasteiger charge is -2.36. The molecule has 134 valence electrons. The summed E-state index contributed by atoms with van der Waals surface area (Å²) in [6, 6.07) is 12.4. The standard InChI is InChI=1S/C20H21N3O3/c1-21-8-10-22(11-9-21)17-7-6-14(13-24)12-18(17)23-19(25)15-4-2-3-5-16(15)20(23)26/h2-7,12,24H,8-11,13H2,1H3. The molecule has 0 saturated carbocycles. The summed E-state index contributed by atoms with van der Waals surface area (Å²) in [7, 11) is 2.08. The number of hydrogen-bond donors (Lipinski definition) is 1. The lowest BCUT2D eigenvalue weighted by molar-refractivity contribution is 0.0926. The zero-order valence-electron chi connectivity index (χ0n) is 14.7. The molecule has 2 aliphatic heterocycles. The number of nitrogens with zero attached hydrogens (tertiary/aromatic N) is 3. The molecule has 0 unspecified atom stereocenters. The second kappa shape index (κ2) is 6.55. The Bertz CT molecular complexity index is 837. The van der Waals surface area contributed by atoms with E-state index in [9.17, 15) is 14.7 Å². The van der Waals surface area contributed by atoms with E-state index in [0.29, 0.717) is 22.4 Å². The van der Waals surface area contributed by atoms with Gasteiger partial charge in [0, 0.05) is 26.2 Å². The van der Waals surface area contributed by atoms with Crippen molar-refractivity contribution in [3.8, 4) is 0 Å². The number of anilines is 2. The number of imide groups is 1. The number of amides is 2. The normalized spacial score (nSPS) is 17.8. The van der Waals surface area contributed by atoms with Gasteiger partial charge < -0.3 is 14.9 Å². The van der Waals surface area contributed by atoms with Gasteiger partial charge in [-0.3, -0.25) is 9.59 Å². The SMILES string of the molecule is CN1CCN(c2ccc(CO)cc2N2C(=O)c3ccccc3C2=O)CC1. The van der Waals surface area contributed by atoms with Gasteiger partial charge in [0.1, 0.15) is 0 Å². The zero-order valence-corrected chi connectivity index (χ0v) is 14.7. The van der Waals surface area contributed by atoms with Crippen molar-refractivity contribution in [3.05, 3.63) is 59.2 Å². The van der Waals surface area contributed by atoms with Crippen molar-refractivity contribution in [2.24, 2.45) is 0 Å². The average molecular weight is 351 g/mol. The predicted molar refractivity (Wildman–Crippen MR) is 99.7 cm³/mol. The van der Waals surface area contributed by atoms with Crippen molar-refractivity contribution in [1.82, 2.24) is 4.90 Å². The summed E-state index contributed by atoms with van der Waals surface area (Å²) >= 11 is 0.